The molecule has 3 unspecified atom stereocenters. The van der Waals surface area contributed by atoms with E-state index in [9.17, 15) is 19.8 Å². The molecule has 0 radical (unpaired) electrons. The van der Waals surface area contributed by atoms with E-state index in [-0.39, 0.29) is 48.5 Å². The highest BCUT2D eigenvalue weighted by molar-refractivity contribution is 7.13. The van der Waals surface area contributed by atoms with Crippen LogP contribution in [0.4, 0.5) is 11.5 Å². The molecule has 2 fully saturated rings. The number of β-amino-alcohol motifs (C(OH)–C–C–N with tert-alkyl or cyclic N) is 1. The summed E-state index contributed by atoms with van der Waals surface area (Å²) in [5.41, 5.74) is 7.94. The lowest BCUT2D eigenvalue weighted by atomic mass is 9.91. The number of phenolic OH excluding ortho intramolecular Hbond substituents is 1. The first-order chi connectivity index (χ1) is 28.0. The van der Waals surface area contributed by atoms with Crippen molar-refractivity contribution in [2.75, 3.05) is 49.5 Å². The van der Waals surface area contributed by atoms with E-state index >= 15 is 0 Å². The van der Waals surface area contributed by atoms with Crippen molar-refractivity contribution in [3.8, 4) is 27.4 Å². The van der Waals surface area contributed by atoms with Crippen LogP contribution in [0.5, 0.6) is 5.75 Å². The number of aryl methyl sites for hydroxylation is 2. The summed E-state index contributed by atoms with van der Waals surface area (Å²) >= 11 is 1.60. The van der Waals surface area contributed by atoms with Crippen molar-refractivity contribution in [2.24, 2.45) is 5.92 Å². The molecule has 4 N–H and O–H groups in total. The first-order valence-electron chi connectivity index (χ1n) is 20.2. The molecule has 3 aromatic heterocycles. The molecule has 6 heterocycles. The number of rotatable bonds is 12. The van der Waals surface area contributed by atoms with Gasteiger partial charge in [0.1, 0.15) is 23.5 Å². The van der Waals surface area contributed by atoms with Crippen LogP contribution in [0.1, 0.15) is 68.3 Å². The minimum Gasteiger partial charge on any atom is -0.507 e. The van der Waals surface area contributed by atoms with Gasteiger partial charge < -0.3 is 35.2 Å². The Morgan fingerprint density at radius 3 is 2.62 bits per heavy atom. The fourth-order valence-electron chi connectivity index (χ4n) is 8.57. The third-order valence-electron chi connectivity index (χ3n) is 11.7. The first kappa shape index (κ1) is 39.4. The summed E-state index contributed by atoms with van der Waals surface area (Å²) in [6, 6.07) is 18.3. The Hall–Kier alpha value is -5.38. The number of aromatic nitrogens is 4. The van der Waals surface area contributed by atoms with Crippen LogP contribution >= 0.6 is 11.3 Å². The van der Waals surface area contributed by atoms with Gasteiger partial charge in [0, 0.05) is 50.8 Å². The lowest BCUT2D eigenvalue weighted by molar-refractivity contribution is -0.141. The number of aliphatic hydroxyl groups is 1. The molecule has 3 aliphatic heterocycles. The maximum atomic E-state index is 14.2. The maximum Gasteiger partial charge on any atom is 0.243 e. The predicted molar refractivity (Wildman–Crippen MR) is 223 cm³/mol. The normalized spacial score (nSPS) is 20.3. The Bertz CT molecular complexity index is 2240. The number of carbonyl (C=O) groups is 2. The van der Waals surface area contributed by atoms with E-state index < -0.39 is 18.1 Å². The number of hydrogen-bond acceptors (Lipinski definition) is 13. The van der Waals surface area contributed by atoms with Crippen LogP contribution in [0.15, 0.2) is 70.7 Å². The number of para-hydroxylation sites is 1. The number of nitrogens with one attached hydrogen (secondary N) is 2. The minimum atomic E-state index is -0.800. The zero-order chi connectivity index (χ0) is 40.5. The number of amides is 2. The second-order valence-corrected chi connectivity index (χ2v) is 16.9. The summed E-state index contributed by atoms with van der Waals surface area (Å²) in [5.74, 6) is 0.115. The summed E-state index contributed by atoms with van der Waals surface area (Å²) in [5, 5.41) is 40.8. The molecule has 58 heavy (non-hydrogen) atoms. The molecule has 8 rings (SSSR count). The van der Waals surface area contributed by atoms with E-state index in [1.807, 2.05) is 81.7 Å². The van der Waals surface area contributed by atoms with Gasteiger partial charge in [-0.1, -0.05) is 55.4 Å². The van der Waals surface area contributed by atoms with Gasteiger partial charge in [-0.2, -0.15) is 0 Å². The van der Waals surface area contributed by atoms with Crippen molar-refractivity contribution in [1.29, 1.82) is 0 Å². The van der Waals surface area contributed by atoms with Crippen molar-refractivity contribution < 1.29 is 24.3 Å². The quantitative estimate of drug-likeness (QED) is 0.127. The SMILES string of the molecule is Cc1ncsc1-c1ccc(C(C)NC(=O)[C@@H]2C[C@@H](O)CN2C(=O)C(c2cc(CCCN3CCN4c5cc(-c6ccccc6O)nnc5NCC4C3)no2)C(C)C)cc1. The van der Waals surface area contributed by atoms with Gasteiger partial charge in [-0.15, -0.1) is 21.5 Å². The van der Waals surface area contributed by atoms with Crippen molar-refractivity contribution in [2.45, 2.75) is 77.1 Å². The number of likely N-dealkylation sites (tertiary alicyclic amines) is 1. The standard InChI is InChI=1S/C43H51N9O5S/c1-25(2)39(43(56)52-23-32(53)19-36(52)42(55)46-26(3)28-11-13-29(14-12-28)40-27(4)45-24-58-40)38-18-30(49-57-38)8-7-15-50-16-17-51-31(22-50)21-44-41-35(51)20-34(47-48-41)33-9-5-6-10-37(33)54/h5-6,9-14,18,20,24-26,31-32,36,39,53-54H,7-8,15-17,19,21-23H2,1-4H3,(H,44,48)(H,46,55)/t26?,31?,32-,36+,39?/m1/s1. The summed E-state index contributed by atoms with van der Waals surface area (Å²) in [7, 11) is 0. The second-order valence-electron chi connectivity index (χ2n) is 16.1. The molecule has 5 atom stereocenters. The van der Waals surface area contributed by atoms with Crippen molar-refractivity contribution >= 4 is 34.7 Å². The number of phenols is 1. The van der Waals surface area contributed by atoms with Crippen LogP contribution in [-0.2, 0) is 16.0 Å². The Balaban J connectivity index is 0.855. The van der Waals surface area contributed by atoms with Gasteiger partial charge in [-0.25, -0.2) is 4.98 Å². The van der Waals surface area contributed by atoms with E-state index in [0.717, 1.165) is 78.0 Å². The molecule has 2 aromatic carbocycles. The Morgan fingerprint density at radius 1 is 1.05 bits per heavy atom. The molecule has 2 saturated heterocycles. The van der Waals surface area contributed by atoms with Crippen molar-refractivity contribution in [1.82, 2.24) is 35.5 Å². The Morgan fingerprint density at radius 2 is 1.86 bits per heavy atom. The predicted octanol–water partition coefficient (Wildman–Crippen LogP) is 5.40. The lowest BCUT2D eigenvalue weighted by Crippen LogP contribution is -2.58. The number of benzene rings is 2. The van der Waals surface area contributed by atoms with Crippen LogP contribution in [0.3, 0.4) is 0 Å². The van der Waals surface area contributed by atoms with Crippen LogP contribution in [-0.4, -0.2) is 110 Å². The van der Waals surface area contributed by atoms with E-state index in [0.29, 0.717) is 23.4 Å². The molecule has 304 valence electrons. The smallest absolute Gasteiger partial charge is 0.243 e. The number of anilines is 2. The number of carbonyl (C=O) groups excluding carboxylic acids is 2. The third kappa shape index (κ3) is 8.16. The number of nitrogens with zero attached hydrogens (tertiary/aromatic N) is 7. The number of aliphatic hydroxyl groups excluding tert-OH is 1. The highest BCUT2D eigenvalue weighted by Gasteiger charge is 2.43. The van der Waals surface area contributed by atoms with Crippen molar-refractivity contribution in [3.63, 3.8) is 0 Å². The van der Waals surface area contributed by atoms with Crippen LogP contribution < -0.4 is 15.5 Å². The topological polar surface area (TPSA) is 173 Å². The minimum absolute atomic E-state index is 0.0823. The molecule has 5 aromatic rings. The van der Waals surface area contributed by atoms with Gasteiger partial charge in [0.15, 0.2) is 5.82 Å². The van der Waals surface area contributed by atoms with E-state index in [4.69, 9.17) is 4.52 Å². The fraction of sp³-hybridized carbons (Fsp3) is 0.442. The molecule has 15 heteroatoms. The summed E-state index contributed by atoms with van der Waals surface area (Å²) < 4.78 is 5.83. The van der Waals surface area contributed by atoms with E-state index in [2.05, 4.69) is 40.8 Å². The molecule has 0 aliphatic carbocycles. The van der Waals surface area contributed by atoms with Crippen LogP contribution in [0.25, 0.3) is 21.7 Å². The fourth-order valence-corrected chi connectivity index (χ4v) is 9.38. The zero-order valence-electron chi connectivity index (χ0n) is 33.3. The molecule has 0 spiro atoms. The van der Waals surface area contributed by atoms with Crippen LogP contribution in [0.2, 0.25) is 0 Å². The molecule has 0 saturated carbocycles. The molecular weight excluding hydrogens is 755 g/mol. The van der Waals surface area contributed by atoms with Gasteiger partial charge in [0.25, 0.3) is 0 Å². The number of thiazole rings is 1. The van der Waals surface area contributed by atoms with Crippen molar-refractivity contribution in [3.05, 3.63) is 88.9 Å². The van der Waals surface area contributed by atoms with Gasteiger partial charge in [-0.3, -0.25) is 14.5 Å². The molecule has 14 nitrogen and oxygen atoms in total. The second kappa shape index (κ2) is 16.8. The first-order valence-corrected chi connectivity index (χ1v) is 21.1. The Kier molecular flexibility index (Phi) is 11.5. The zero-order valence-corrected chi connectivity index (χ0v) is 34.2. The van der Waals surface area contributed by atoms with E-state index in [1.165, 1.54) is 4.90 Å². The van der Waals surface area contributed by atoms with Gasteiger partial charge in [0.05, 0.1) is 51.3 Å². The van der Waals surface area contributed by atoms with Crippen LogP contribution in [0, 0.1) is 12.8 Å². The highest BCUT2D eigenvalue weighted by atomic mass is 32.1. The maximum absolute atomic E-state index is 14.2. The highest BCUT2D eigenvalue weighted by Crippen LogP contribution is 2.37. The Labute approximate surface area is 342 Å². The number of fused-ring (bicyclic) bond motifs is 3. The van der Waals surface area contributed by atoms with Gasteiger partial charge in [0.2, 0.25) is 11.8 Å². The number of hydrogen-bond donors (Lipinski definition) is 4. The number of aromatic hydroxyl groups is 1. The third-order valence-corrected chi connectivity index (χ3v) is 12.7. The van der Waals surface area contributed by atoms with E-state index in [1.54, 1.807) is 23.5 Å². The van der Waals surface area contributed by atoms with Gasteiger partial charge >= 0.3 is 0 Å². The summed E-state index contributed by atoms with van der Waals surface area (Å²) in [4.78, 5) is 39.8. The average molecular weight is 806 g/mol. The molecule has 0 bridgehead atoms. The monoisotopic (exact) mass is 805 g/mol. The molecule has 3 aliphatic rings. The average Bonchev–Trinajstić information content (AvgIpc) is 3.97. The largest absolute Gasteiger partial charge is 0.507 e. The molecular formula is C43H51N9O5S. The summed E-state index contributed by atoms with van der Waals surface area (Å²) in [6.07, 6.45) is 0.944. The lowest BCUT2D eigenvalue weighted by Gasteiger charge is -2.45. The molecule has 2 amide bonds. The van der Waals surface area contributed by atoms with Gasteiger partial charge in [-0.05, 0) is 68.5 Å². The summed E-state index contributed by atoms with van der Waals surface area (Å²) in [6.45, 7) is 12.2. The number of piperazine rings is 1.